The minimum atomic E-state index is -0.256. The van der Waals surface area contributed by atoms with E-state index in [4.69, 9.17) is 4.42 Å². The molecule has 1 N–H and O–H groups in total. The van der Waals surface area contributed by atoms with Crippen molar-refractivity contribution < 1.29 is 9.21 Å². The average molecular weight is 352 g/mol. The Morgan fingerprint density at radius 2 is 2.09 bits per heavy atom. The van der Waals surface area contributed by atoms with Crippen LogP contribution in [0.1, 0.15) is 43.3 Å². The van der Waals surface area contributed by atoms with Crippen LogP contribution in [0.15, 0.2) is 9.64 Å². The van der Waals surface area contributed by atoms with Gasteiger partial charge in [-0.25, -0.2) is 4.98 Å². The van der Waals surface area contributed by atoms with Crippen molar-refractivity contribution in [3.05, 3.63) is 10.7 Å². The van der Waals surface area contributed by atoms with Crippen molar-refractivity contribution in [2.45, 2.75) is 63.0 Å². The lowest BCUT2D eigenvalue weighted by molar-refractivity contribution is -0.120. The van der Waals surface area contributed by atoms with E-state index in [1.54, 1.807) is 0 Å². The molecule has 1 unspecified atom stereocenters. The van der Waals surface area contributed by atoms with E-state index in [0.717, 1.165) is 28.4 Å². The van der Waals surface area contributed by atoms with Crippen LogP contribution >= 0.6 is 23.1 Å². The molecule has 1 fully saturated rings. The van der Waals surface area contributed by atoms with Gasteiger partial charge in [0.05, 0.1) is 16.0 Å². The van der Waals surface area contributed by atoms with Crippen LogP contribution in [0, 0.1) is 13.8 Å². The zero-order valence-corrected chi connectivity index (χ0v) is 15.1. The second-order valence-corrected chi connectivity index (χ2v) is 8.27. The number of carbonyl (C=O) groups excluding carboxylic acids is 1. The Hall–Kier alpha value is -1.41. The molecule has 3 rings (SSSR count). The Labute approximate surface area is 143 Å². The molecule has 6 nitrogen and oxygen atoms in total. The Morgan fingerprint density at radius 3 is 2.74 bits per heavy atom. The molecule has 124 valence electrons. The summed E-state index contributed by atoms with van der Waals surface area (Å²) in [6.07, 6.45) is 4.57. The molecule has 1 aliphatic carbocycles. The number of aromatic nitrogens is 3. The molecule has 1 saturated carbocycles. The highest BCUT2D eigenvalue weighted by Gasteiger charge is 2.23. The van der Waals surface area contributed by atoms with E-state index in [-0.39, 0.29) is 11.2 Å². The summed E-state index contributed by atoms with van der Waals surface area (Å²) in [7, 11) is 0. The van der Waals surface area contributed by atoms with Crippen LogP contribution in [0.3, 0.4) is 0 Å². The first-order valence-electron chi connectivity index (χ1n) is 7.78. The zero-order chi connectivity index (χ0) is 16.4. The SMILES string of the molecule is Cc1nc(C)c(-c2nnc(SC(C)C(=O)NC3CCCC3)o2)s1. The van der Waals surface area contributed by atoms with Crippen LogP contribution in [0.4, 0.5) is 0 Å². The monoisotopic (exact) mass is 352 g/mol. The molecule has 0 bridgehead atoms. The largest absolute Gasteiger partial charge is 0.410 e. The summed E-state index contributed by atoms with van der Waals surface area (Å²) >= 11 is 2.83. The van der Waals surface area contributed by atoms with Crippen LogP contribution in [0.2, 0.25) is 0 Å². The van der Waals surface area contributed by atoms with Gasteiger partial charge in [0.2, 0.25) is 5.91 Å². The highest BCUT2D eigenvalue weighted by Crippen LogP contribution is 2.31. The van der Waals surface area contributed by atoms with Crippen molar-refractivity contribution in [3.8, 4) is 10.8 Å². The number of aryl methyl sites for hydroxylation is 2. The summed E-state index contributed by atoms with van der Waals surface area (Å²) in [4.78, 5) is 17.5. The summed E-state index contributed by atoms with van der Waals surface area (Å²) < 4.78 is 5.69. The molecule has 1 aliphatic rings. The van der Waals surface area contributed by atoms with Crippen LogP contribution in [0.5, 0.6) is 0 Å². The van der Waals surface area contributed by atoms with Gasteiger partial charge in [-0.2, -0.15) is 0 Å². The number of rotatable bonds is 5. The Kier molecular flexibility index (Phi) is 5.01. The molecular formula is C15H20N4O2S2. The smallest absolute Gasteiger partial charge is 0.277 e. The van der Waals surface area contributed by atoms with Crippen molar-refractivity contribution in [1.29, 1.82) is 0 Å². The molecule has 2 heterocycles. The summed E-state index contributed by atoms with van der Waals surface area (Å²) in [5.74, 6) is 0.505. The molecule has 0 radical (unpaired) electrons. The molecule has 0 spiro atoms. The number of amides is 1. The van der Waals surface area contributed by atoms with E-state index in [0.29, 0.717) is 17.2 Å². The second kappa shape index (κ2) is 7.00. The standard InChI is InChI=1S/C15H20N4O2S2/c1-8-12(23-10(3)16-8)14-18-19-15(21-14)22-9(2)13(20)17-11-6-4-5-7-11/h9,11H,4-7H2,1-3H3,(H,17,20). The van der Waals surface area contributed by atoms with Gasteiger partial charge >= 0.3 is 0 Å². The highest BCUT2D eigenvalue weighted by atomic mass is 32.2. The number of hydrogen-bond acceptors (Lipinski definition) is 7. The topological polar surface area (TPSA) is 80.9 Å². The highest BCUT2D eigenvalue weighted by molar-refractivity contribution is 8.00. The lowest BCUT2D eigenvalue weighted by Crippen LogP contribution is -2.37. The summed E-state index contributed by atoms with van der Waals surface area (Å²) in [5, 5.41) is 12.3. The quantitative estimate of drug-likeness (QED) is 0.831. The van der Waals surface area contributed by atoms with E-state index in [1.165, 1.54) is 35.9 Å². The number of nitrogens with one attached hydrogen (secondary N) is 1. The fourth-order valence-corrected chi connectivity index (χ4v) is 4.21. The van der Waals surface area contributed by atoms with Gasteiger partial charge in [0.15, 0.2) is 0 Å². The van der Waals surface area contributed by atoms with E-state index < -0.39 is 0 Å². The first kappa shape index (κ1) is 16.4. The minimum Gasteiger partial charge on any atom is -0.410 e. The summed E-state index contributed by atoms with van der Waals surface area (Å²) in [5.41, 5.74) is 0.889. The van der Waals surface area contributed by atoms with Gasteiger partial charge in [0, 0.05) is 6.04 Å². The number of nitrogens with zero attached hydrogens (tertiary/aromatic N) is 3. The number of carbonyl (C=O) groups is 1. The van der Waals surface area contributed by atoms with Crippen molar-refractivity contribution >= 4 is 29.0 Å². The van der Waals surface area contributed by atoms with Gasteiger partial charge < -0.3 is 9.73 Å². The Balaban J connectivity index is 1.61. The third kappa shape index (κ3) is 3.92. The van der Waals surface area contributed by atoms with E-state index in [1.807, 2.05) is 20.8 Å². The molecule has 8 heteroatoms. The Morgan fingerprint density at radius 1 is 1.35 bits per heavy atom. The molecule has 2 aromatic rings. The van der Waals surface area contributed by atoms with Gasteiger partial charge in [-0.3, -0.25) is 4.79 Å². The fraction of sp³-hybridized carbons (Fsp3) is 0.600. The number of hydrogen-bond donors (Lipinski definition) is 1. The molecule has 0 aliphatic heterocycles. The predicted molar refractivity (Wildman–Crippen MR) is 90.6 cm³/mol. The second-order valence-electron chi connectivity index (χ2n) is 5.77. The van der Waals surface area contributed by atoms with E-state index in [2.05, 4.69) is 20.5 Å². The summed E-state index contributed by atoms with van der Waals surface area (Å²) in [6.45, 7) is 5.73. The van der Waals surface area contributed by atoms with Gasteiger partial charge in [-0.1, -0.05) is 24.6 Å². The Bertz CT molecular complexity index is 691. The van der Waals surface area contributed by atoms with Gasteiger partial charge in [0.1, 0.15) is 4.88 Å². The third-order valence-corrected chi connectivity index (χ3v) is 5.85. The van der Waals surface area contributed by atoms with Gasteiger partial charge in [0.25, 0.3) is 11.1 Å². The number of thioether (sulfide) groups is 1. The lowest BCUT2D eigenvalue weighted by Gasteiger charge is -2.14. The first-order chi connectivity index (χ1) is 11.0. The lowest BCUT2D eigenvalue weighted by atomic mass is 10.2. The van der Waals surface area contributed by atoms with Crippen molar-refractivity contribution in [2.24, 2.45) is 0 Å². The van der Waals surface area contributed by atoms with Crippen LogP contribution in [-0.4, -0.2) is 32.4 Å². The molecule has 1 amide bonds. The maximum Gasteiger partial charge on any atom is 0.277 e. The van der Waals surface area contributed by atoms with Crippen molar-refractivity contribution in [3.63, 3.8) is 0 Å². The minimum absolute atomic E-state index is 0.0338. The van der Waals surface area contributed by atoms with Crippen molar-refractivity contribution in [1.82, 2.24) is 20.5 Å². The van der Waals surface area contributed by atoms with Crippen LogP contribution < -0.4 is 5.32 Å². The maximum absolute atomic E-state index is 12.2. The van der Waals surface area contributed by atoms with Crippen molar-refractivity contribution in [2.75, 3.05) is 0 Å². The molecule has 0 aromatic carbocycles. The molecule has 0 saturated heterocycles. The maximum atomic E-state index is 12.2. The molecule has 1 atom stereocenters. The fourth-order valence-electron chi connectivity index (χ4n) is 2.67. The number of thiazole rings is 1. The molecular weight excluding hydrogens is 332 g/mol. The van der Waals surface area contributed by atoms with Gasteiger partial charge in [-0.05, 0) is 33.6 Å². The zero-order valence-electron chi connectivity index (χ0n) is 13.5. The molecule has 2 aromatic heterocycles. The van der Waals surface area contributed by atoms with Crippen LogP contribution in [0.25, 0.3) is 10.8 Å². The van der Waals surface area contributed by atoms with Gasteiger partial charge in [-0.15, -0.1) is 21.5 Å². The molecule has 23 heavy (non-hydrogen) atoms. The summed E-state index contributed by atoms with van der Waals surface area (Å²) in [6, 6.07) is 0.326. The van der Waals surface area contributed by atoms with Crippen LogP contribution in [-0.2, 0) is 4.79 Å². The predicted octanol–water partition coefficient (Wildman–Crippen LogP) is 3.35. The average Bonchev–Trinajstić information content (AvgIpc) is 3.21. The first-order valence-corrected chi connectivity index (χ1v) is 9.47. The normalized spacial score (nSPS) is 16.7. The third-order valence-electron chi connectivity index (χ3n) is 3.85. The van der Waals surface area contributed by atoms with E-state index in [9.17, 15) is 4.79 Å². The van der Waals surface area contributed by atoms with E-state index >= 15 is 0 Å².